The van der Waals surface area contributed by atoms with E-state index < -0.39 is 20.0 Å². The lowest BCUT2D eigenvalue weighted by Gasteiger charge is -2.45. The second-order valence-corrected chi connectivity index (χ2v) is 13.3. The Hall–Kier alpha value is -1.41. The maximum Gasteiger partial charge on any atom is 0.416 e. The third kappa shape index (κ3) is 3.61. The second kappa shape index (κ2) is 7.44. The van der Waals surface area contributed by atoms with Crippen molar-refractivity contribution in [1.29, 1.82) is 0 Å². The van der Waals surface area contributed by atoms with Gasteiger partial charge in [-0.2, -0.15) is 13.2 Å². The Labute approximate surface area is 165 Å². The zero-order valence-electron chi connectivity index (χ0n) is 16.4. The number of nitrogens with zero attached hydrogens (tertiary/aromatic N) is 1. The molecular weight excluding hydrogens is 379 g/mol. The molecule has 0 bridgehead atoms. The first-order chi connectivity index (χ1) is 13.3. The lowest BCUT2D eigenvalue weighted by molar-refractivity contribution is -0.137. The summed E-state index contributed by atoms with van der Waals surface area (Å²) in [7, 11) is -1.66. The van der Waals surface area contributed by atoms with Gasteiger partial charge in [0.05, 0.1) is 5.56 Å². The van der Waals surface area contributed by atoms with Crippen LogP contribution in [0.2, 0.25) is 18.6 Å². The van der Waals surface area contributed by atoms with E-state index in [0.29, 0.717) is 17.4 Å². The molecule has 28 heavy (non-hydrogen) atoms. The van der Waals surface area contributed by atoms with E-state index in [4.69, 9.17) is 0 Å². The molecule has 2 aliphatic carbocycles. The third-order valence-corrected chi connectivity index (χ3v) is 11.3. The molecule has 2 N–H and O–H groups in total. The average Bonchev–Trinajstić information content (AvgIpc) is 3.13. The van der Waals surface area contributed by atoms with Gasteiger partial charge in [-0.15, -0.1) is 0 Å². The molecule has 3 aliphatic rings. The summed E-state index contributed by atoms with van der Waals surface area (Å²) in [4.78, 5) is 0. The molecule has 0 radical (unpaired) electrons. The van der Waals surface area contributed by atoms with E-state index in [1.165, 1.54) is 24.1 Å². The molecule has 1 saturated heterocycles. The van der Waals surface area contributed by atoms with Crippen molar-refractivity contribution < 1.29 is 13.2 Å². The van der Waals surface area contributed by atoms with Gasteiger partial charge < -0.3 is 0 Å². The monoisotopic (exact) mass is 407 g/mol. The van der Waals surface area contributed by atoms with Gasteiger partial charge in [0.15, 0.2) is 0 Å². The van der Waals surface area contributed by atoms with Crippen LogP contribution in [0.1, 0.15) is 24.0 Å². The Balaban J connectivity index is 1.55. The quantitative estimate of drug-likeness (QED) is 0.716. The van der Waals surface area contributed by atoms with Crippen LogP contribution in [0, 0.1) is 11.8 Å². The molecule has 3 atom stereocenters. The van der Waals surface area contributed by atoms with Crippen molar-refractivity contribution in [3.63, 3.8) is 0 Å². The molecule has 7 heteroatoms. The van der Waals surface area contributed by atoms with Crippen LogP contribution in [0.4, 0.5) is 13.2 Å². The van der Waals surface area contributed by atoms with Gasteiger partial charge in [0.2, 0.25) is 0 Å². The molecule has 4 rings (SSSR count). The second-order valence-electron chi connectivity index (χ2n) is 8.64. The summed E-state index contributed by atoms with van der Waals surface area (Å²) in [6.45, 7) is 7.65. The topological polar surface area (TPSA) is 27.3 Å². The van der Waals surface area contributed by atoms with E-state index in [1.54, 1.807) is 12.1 Å². The Kier molecular flexibility index (Phi) is 5.29. The van der Waals surface area contributed by atoms with E-state index in [-0.39, 0.29) is 0 Å². The highest BCUT2D eigenvalue weighted by atomic mass is 28.3. The van der Waals surface area contributed by atoms with Crippen LogP contribution in [0.3, 0.4) is 0 Å². The maximum atomic E-state index is 12.9. The summed E-state index contributed by atoms with van der Waals surface area (Å²) in [5.41, 5.74) is 2.19. The van der Waals surface area contributed by atoms with Gasteiger partial charge >= 0.3 is 6.18 Å². The molecule has 1 saturated carbocycles. The Morgan fingerprint density at radius 3 is 2.36 bits per heavy atom. The van der Waals surface area contributed by atoms with Crippen molar-refractivity contribution in [3.05, 3.63) is 53.6 Å². The van der Waals surface area contributed by atoms with E-state index >= 15 is 0 Å². The average molecular weight is 408 g/mol. The highest BCUT2D eigenvalue weighted by Gasteiger charge is 2.48. The first-order valence-corrected chi connectivity index (χ1v) is 13.0. The number of fused-ring (bicyclic) bond motifs is 1. The van der Waals surface area contributed by atoms with Crippen molar-refractivity contribution in [2.75, 3.05) is 20.0 Å². The zero-order valence-corrected chi connectivity index (χ0v) is 17.4. The lowest BCUT2D eigenvalue weighted by atomic mass is 9.81. The Bertz CT molecular complexity index is 764. The number of hydrogen-bond acceptors (Lipinski definition) is 3. The smallest absolute Gasteiger partial charge is 0.299 e. The fourth-order valence-corrected chi connectivity index (χ4v) is 8.89. The molecule has 1 heterocycles. The van der Waals surface area contributed by atoms with Gasteiger partial charge in [-0.3, -0.25) is 15.2 Å². The van der Waals surface area contributed by atoms with Gasteiger partial charge in [-0.1, -0.05) is 49.9 Å². The number of rotatable bonds is 3. The zero-order chi connectivity index (χ0) is 19.9. The predicted octanol–water partition coefficient (Wildman–Crippen LogP) is 4.63. The van der Waals surface area contributed by atoms with Crippen LogP contribution in [-0.4, -0.2) is 32.8 Å². The standard InChI is InChI=1S/C21H28F3N3Si/c1-28(2,27-13-25-12-26-14-27)20-11-10-18-17(4-3-5-19(18)20)15-6-8-16(9-7-15)21(22,23)24/h3-9,18-20,25-26H,10-14H2,1-2H3. The molecule has 0 amide bonds. The van der Waals surface area contributed by atoms with Crippen LogP contribution in [0.15, 0.2) is 42.5 Å². The molecule has 3 nitrogen and oxygen atoms in total. The van der Waals surface area contributed by atoms with Crippen molar-refractivity contribution in [1.82, 2.24) is 15.2 Å². The number of hydrogen-bond donors (Lipinski definition) is 2. The van der Waals surface area contributed by atoms with Gasteiger partial charge in [-0.25, -0.2) is 0 Å². The predicted molar refractivity (Wildman–Crippen MR) is 109 cm³/mol. The van der Waals surface area contributed by atoms with Crippen molar-refractivity contribution in [3.8, 4) is 0 Å². The van der Waals surface area contributed by atoms with E-state index in [0.717, 1.165) is 32.0 Å². The number of nitrogens with one attached hydrogen (secondary N) is 2. The van der Waals surface area contributed by atoms with Gasteiger partial charge in [0.25, 0.3) is 0 Å². The van der Waals surface area contributed by atoms with Crippen molar-refractivity contribution >= 4 is 13.8 Å². The summed E-state index contributed by atoms with van der Waals surface area (Å²) in [6, 6.07) is 5.69. The van der Waals surface area contributed by atoms with Gasteiger partial charge in [0.1, 0.15) is 8.24 Å². The highest BCUT2D eigenvalue weighted by molar-refractivity contribution is 6.76. The molecule has 1 aliphatic heterocycles. The van der Waals surface area contributed by atoms with Crippen molar-refractivity contribution in [2.24, 2.45) is 11.8 Å². The number of benzene rings is 1. The SMILES string of the molecule is C[Si](C)(C1CCC2C(c3ccc(C(F)(F)F)cc3)=CC=CC21)N1CNCNC1. The van der Waals surface area contributed by atoms with Crippen LogP contribution in [0.25, 0.3) is 5.57 Å². The minimum atomic E-state index is -4.29. The molecule has 0 spiro atoms. The highest BCUT2D eigenvalue weighted by Crippen LogP contribution is 2.54. The van der Waals surface area contributed by atoms with Crippen LogP contribution in [0.5, 0.6) is 0 Å². The molecule has 3 unspecified atom stereocenters. The first kappa shape index (κ1) is 19.9. The molecule has 2 fully saturated rings. The largest absolute Gasteiger partial charge is 0.416 e. The van der Waals surface area contributed by atoms with Crippen molar-refractivity contribution in [2.45, 2.75) is 37.7 Å². The molecule has 152 valence electrons. The minimum Gasteiger partial charge on any atom is -0.299 e. The summed E-state index contributed by atoms with van der Waals surface area (Å²) in [5, 5.41) is 6.83. The summed E-state index contributed by atoms with van der Waals surface area (Å²) >= 11 is 0. The lowest BCUT2D eigenvalue weighted by Crippen LogP contribution is -2.63. The Morgan fingerprint density at radius 1 is 1.04 bits per heavy atom. The van der Waals surface area contributed by atoms with Gasteiger partial charge in [0, 0.05) is 20.0 Å². The molecular formula is C21H28F3N3Si. The van der Waals surface area contributed by atoms with Crippen LogP contribution >= 0.6 is 0 Å². The fourth-order valence-electron chi connectivity index (χ4n) is 5.22. The van der Waals surface area contributed by atoms with E-state index in [2.05, 4.69) is 46.5 Å². The first-order valence-electron chi connectivity index (χ1n) is 10.0. The fraction of sp³-hybridized carbons (Fsp3) is 0.524. The number of halogens is 3. The number of alkyl halides is 3. The molecule has 0 aromatic heterocycles. The van der Waals surface area contributed by atoms with E-state index in [9.17, 15) is 13.2 Å². The maximum absolute atomic E-state index is 12.9. The minimum absolute atomic E-state index is 0.407. The Morgan fingerprint density at radius 2 is 1.71 bits per heavy atom. The normalized spacial score (nSPS) is 28.9. The summed E-state index contributed by atoms with van der Waals surface area (Å²) in [6.07, 6.45) is 4.57. The number of allylic oxidation sites excluding steroid dienone is 4. The molecule has 1 aromatic rings. The molecule has 1 aromatic carbocycles. The van der Waals surface area contributed by atoms with Crippen LogP contribution in [-0.2, 0) is 6.18 Å². The summed E-state index contributed by atoms with van der Waals surface area (Å²) < 4.78 is 41.3. The van der Waals surface area contributed by atoms with E-state index in [1.807, 2.05) is 0 Å². The third-order valence-electron chi connectivity index (χ3n) is 6.85. The van der Waals surface area contributed by atoms with Gasteiger partial charge in [-0.05, 0) is 47.1 Å². The summed E-state index contributed by atoms with van der Waals surface area (Å²) in [5.74, 6) is 0.884. The van der Waals surface area contributed by atoms with Crippen LogP contribution < -0.4 is 10.6 Å².